The monoisotopic (exact) mass is 374 g/mol. The molecule has 0 spiro atoms. The average molecular weight is 374 g/mol. The topological polar surface area (TPSA) is 160 Å². The Labute approximate surface area is 162 Å². The van der Waals surface area contributed by atoms with Crippen LogP contribution < -0.4 is 15.8 Å². The molecule has 140 valence electrons. The van der Waals surface area contributed by atoms with Crippen molar-refractivity contribution in [1.29, 1.82) is 21.2 Å². The Morgan fingerprint density at radius 2 is 1.96 bits per heavy atom. The van der Waals surface area contributed by atoms with Crippen molar-refractivity contribution in [1.82, 2.24) is 5.32 Å². The lowest BCUT2D eigenvalue weighted by molar-refractivity contribution is -0.119. The SMILES string of the molecule is N#CC1C(=N)C(C#N)(C#N)C2=CCNC[C@@H]2[C@H]1c1ccc(OCC(N)=O)cc1. The summed E-state index contributed by atoms with van der Waals surface area (Å²) in [5.41, 5.74) is 4.58. The van der Waals surface area contributed by atoms with Gasteiger partial charge in [-0.2, -0.15) is 15.8 Å². The summed E-state index contributed by atoms with van der Waals surface area (Å²) in [4.78, 5) is 10.9. The van der Waals surface area contributed by atoms with Crippen LogP contribution in [-0.2, 0) is 4.79 Å². The first-order valence-electron chi connectivity index (χ1n) is 8.71. The second-order valence-corrected chi connectivity index (χ2v) is 6.77. The van der Waals surface area contributed by atoms with E-state index in [0.29, 0.717) is 24.4 Å². The zero-order valence-corrected chi connectivity index (χ0v) is 15.0. The molecule has 1 fully saturated rings. The van der Waals surface area contributed by atoms with Crippen molar-refractivity contribution in [3.63, 3.8) is 0 Å². The van der Waals surface area contributed by atoms with Crippen LogP contribution >= 0.6 is 0 Å². The maximum Gasteiger partial charge on any atom is 0.255 e. The van der Waals surface area contributed by atoms with Crippen LogP contribution in [0.5, 0.6) is 5.75 Å². The molecule has 1 amide bonds. The van der Waals surface area contributed by atoms with Gasteiger partial charge in [0.2, 0.25) is 5.41 Å². The summed E-state index contributed by atoms with van der Waals surface area (Å²) in [5, 5.41) is 41.0. The molecule has 1 aromatic rings. The van der Waals surface area contributed by atoms with Crippen LogP contribution in [0.4, 0.5) is 0 Å². The molecule has 8 nitrogen and oxygen atoms in total. The van der Waals surface area contributed by atoms with Gasteiger partial charge in [-0.05, 0) is 23.3 Å². The number of nitrogens with zero attached hydrogens (tertiary/aromatic N) is 3. The highest BCUT2D eigenvalue weighted by atomic mass is 16.5. The summed E-state index contributed by atoms with van der Waals surface area (Å²) in [6.45, 7) is 0.779. The van der Waals surface area contributed by atoms with Crippen molar-refractivity contribution < 1.29 is 9.53 Å². The minimum Gasteiger partial charge on any atom is -0.484 e. The molecule has 3 rings (SSSR count). The van der Waals surface area contributed by atoms with Crippen LogP contribution in [0.2, 0.25) is 0 Å². The third-order valence-electron chi connectivity index (χ3n) is 5.29. The summed E-state index contributed by atoms with van der Waals surface area (Å²) < 4.78 is 5.27. The molecular weight excluding hydrogens is 356 g/mol. The molecule has 28 heavy (non-hydrogen) atoms. The first kappa shape index (κ1) is 19.1. The number of hydrogen-bond acceptors (Lipinski definition) is 7. The van der Waals surface area contributed by atoms with E-state index in [1.165, 1.54) is 0 Å². The molecular formula is C20H18N6O2. The van der Waals surface area contributed by atoms with Gasteiger partial charge in [0.25, 0.3) is 5.91 Å². The van der Waals surface area contributed by atoms with Crippen molar-refractivity contribution in [2.75, 3.05) is 19.7 Å². The van der Waals surface area contributed by atoms with Crippen LogP contribution in [0.15, 0.2) is 35.9 Å². The van der Waals surface area contributed by atoms with Crippen molar-refractivity contribution in [3.05, 3.63) is 41.5 Å². The summed E-state index contributed by atoms with van der Waals surface area (Å²) in [6, 6.07) is 13.0. The summed E-state index contributed by atoms with van der Waals surface area (Å²) >= 11 is 0. The van der Waals surface area contributed by atoms with Gasteiger partial charge in [0.1, 0.15) is 5.75 Å². The van der Waals surface area contributed by atoms with E-state index in [0.717, 1.165) is 5.56 Å². The second-order valence-electron chi connectivity index (χ2n) is 6.77. The quantitative estimate of drug-likeness (QED) is 0.666. The molecule has 4 N–H and O–H groups in total. The highest BCUT2D eigenvalue weighted by Crippen LogP contribution is 2.51. The van der Waals surface area contributed by atoms with Crippen LogP contribution in [0.25, 0.3) is 0 Å². The van der Waals surface area contributed by atoms with E-state index in [4.69, 9.17) is 15.9 Å². The molecule has 1 aromatic carbocycles. The molecule has 1 aliphatic heterocycles. The number of nitrogens with one attached hydrogen (secondary N) is 2. The molecule has 0 radical (unpaired) electrons. The molecule has 1 aliphatic carbocycles. The van der Waals surface area contributed by atoms with Gasteiger partial charge in [-0.15, -0.1) is 0 Å². The zero-order chi connectivity index (χ0) is 20.3. The maximum absolute atomic E-state index is 10.9. The van der Waals surface area contributed by atoms with E-state index in [-0.39, 0.29) is 24.2 Å². The van der Waals surface area contributed by atoms with Crippen LogP contribution in [0, 0.1) is 56.7 Å². The predicted molar refractivity (Wildman–Crippen MR) is 98.8 cm³/mol. The molecule has 1 unspecified atom stereocenters. The van der Waals surface area contributed by atoms with Gasteiger partial charge in [-0.1, -0.05) is 18.2 Å². The summed E-state index contributed by atoms with van der Waals surface area (Å²) in [6.07, 6.45) is 1.79. The van der Waals surface area contributed by atoms with Gasteiger partial charge < -0.3 is 21.2 Å². The number of amides is 1. The van der Waals surface area contributed by atoms with E-state index < -0.39 is 17.2 Å². The summed E-state index contributed by atoms with van der Waals surface area (Å²) in [5.74, 6) is -1.66. The van der Waals surface area contributed by atoms with E-state index >= 15 is 0 Å². The lowest BCUT2D eigenvalue weighted by Gasteiger charge is -2.45. The van der Waals surface area contributed by atoms with Crippen molar-refractivity contribution in [2.24, 2.45) is 23.0 Å². The number of carbonyl (C=O) groups is 1. The van der Waals surface area contributed by atoms with Crippen molar-refractivity contribution in [2.45, 2.75) is 5.92 Å². The smallest absolute Gasteiger partial charge is 0.255 e. The van der Waals surface area contributed by atoms with Crippen LogP contribution in [-0.4, -0.2) is 31.3 Å². The number of fused-ring (bicyclic) bond motifs is 1. The predicted octanol–water partition coefficient (Wildman–Crippen LogP) is 0.987. The molecule has 3 atom stereocenters. The molecule has 0 bridgehead atoms. The molecule has 8 heteroatoms. The van der Waals surface area contributed by atoms with E-state index in [9.17, 15) is 20.6 Å². The molecule has 1 saturated carbocycles. The van der Waals surface area contributed by atoms with Gasteiger partial charge >= 0.3 is 0 Å². The minimum atomic E-state index is -1.70. The van der Waals surface area contributed by atoms with E-state index in [1.54, 1.807) is 30.3 Å². The Kier molecular flexibility index (Phi) is 5.13. The van der Waals surface area contributed by atoms with Gasteiger partial charge in [-0.25, -0.2) is 0 Å². The number of carbonyl (C=O) groups excluding carboxylic acids is 1. The Morgan fingerprint density at radius 3 is 2.54 bits per heavy atom. The second kappa shape index (κ2) is 7.52. The first-order chi connectivity index (χ1) is 13.5. The number of nitrogens with two attached hydrogens (primary N) is 1. The maximum atomic E-state index is 10.9. The standard InChI is InChI=1S/C20H18N6O2/c21-7-14-18(12-1-3-13(4-2-12)28-9-17(24)27)15-8-26-6-5-16(15)20(10-22,11-23)19(14)25/h1-5,14-15,18,25-26H,6,8-9H2,(H2,24,27)/t14?,15-,18-/m0/s1. The number of nitriles is 3. The van der Waals surface area contributed by atoms with Crippen molar-refractivity contribution in [3.8, 4) is 24.0 Å². The van der Waals surface area contributed by atoms with E-state index in [2.05, 4.69) is 11.4 Å². The Bertz CT molecular complexity index is 946. The lowest BCUT2D eigenvalue weighted by Crippen LogP contribution is -2.51. The number of benzene rings is 1. The fourth-order valence-electron chi connectivity index (χ4n) is 4.02. The number of rotatable bonds is 4. The van der Waals surface area contributed by atoms with Gasteiger partial charge in [0, 0.05) is 24.9 Å². The highest BCUT2D eigenvalue weighted by molar-refractivity contribution is 6.01. The third-order valence-corrected chi connectivity index (χ3v) is 5.29. The van der Waals surface area contributed by atoms with Gasteiger partial charge in [0.15, 0.2) is 6.61 Å². The van der Waals surface area contributed by atoms with Crippen LogP contribution in [0.3, 0.4) is 0 Å². The number of ether oxygens (including phenoxy) is 1. The molecule has 0 aromatic heterocycles. The molecule has 2 aliphatic rings. The van der Waals surface area contributed by atoms with Gasteiger partial charge in [-0.3, -0.25) is 4.79 Å². The highest BCUT2D eigenvalue weighted by Gasteiger charge is 2.55. The molecule has 0 saturated heterocycles. The Balaban J connectivity index is 2.02. The Hall–Kier alpha value is -3.67. The fourth-order valence-corrected chi connectivity index (χ4v) is 4.02. The van der Waals surface area contributed by atoms with E-state index in [1.807, 2.05) is 12.1 Å². The summed E-state index contributed by atoms with van der Waals surface area (Å²) in [7, 11) is 0. The van der Waals surface area contributed by atoms with Crippen LogP contribution in [0.1, 0.15) is 11.5 Å². The normalized spacial score (nSPS) is 25.2. The average Bonchev–Trinajstić information content (AvgIpc) is 2.72. The van der Waals surface area contributed by atoms with Crippen molar-refractivity contribution >= 4 is 11.6 Å². The zero-order valence-electron chi connectivity index (χ0n) is 15.0. The first-order valence-corrected chi connectivity index (χ1v) is 8.71. The minimum absolute atomic E-state index is 0.177. The van der Waals surface area contributed by atoms with Gasteiger partial charge in [0.05, 0.1) is 29.8 Å². The fraction of sp³-hybridized carbons (Fsp3) is 0.350. The molecule has 1 heterocycles. The number of primary amides is 1. The lowest BCUT2D eigenvalue weighted by atomic mass is 9.55. The number of hydrogen-bond donors (Lipinski definition) is 3. The largest absolute Gasteiger partial charge is 0.484 e. The Morgan fingerprint density at radius 1 is 1.29 bits per heavy atom. The third kappa shape index (κ3) is 2.99.